The quantitative estimate of drug-likeness (QED) is 0.306. The van der Waals surface area contributed by atoms with E-state index in [0.717, 1.165) is 22.6 Å². The molecule has 0 atom stereocenters. The lowest BCUT2D eigenvalue weighted by Crippen LogP contribution is -1.95. The number of hydrogen-bond acceptors (Lipinski definition) is 4. The lowest BCUT2D eigenvalue weighted by Gasteiger charge is -2.07. The van der Waals surface area contributed by atoms with Gasteiger partial charge in [-0.3, -0.25) is 0 Å². The molecule has 0 amide bonds. The van der Waals surface area contributed by atoms with Gasteiger partial charge < -0.3 is 4.74 Å². The van der Waals surface area contributed by atoms with E-state index >= 15 is 0 Å². The smallest absolute Gasteiger partial charge is 0.219 e. The van der Waals surface area contributed by atoms with Crippen molar-refractivity contribution in [3.05, 3.63) is 104 Å². The highest BCUT2D eigenvalue weighted by Crippen LogP contribution is 2.36. The summed E-state index contributed by atoms with van der Waals surface area (Å²) in [5, 5.41) is 7.18. The summed E-state index contributed by atoms with van der Waals surface area (Å²) >= 11 is 1.83. The van der Waals surface area contributed by atoms with Crippen molar-refractivity contribution in [2.75, 3.05) is 0 Å². The Morgan fingerprint density at radius 1 is 0.742 bits per heavy atom. The molecular weight excluding hydrogens is 402 g/mol. The molecule has 3 aromatic heterocycles. The fourth-order valence-corrected chi connectivity index (χ4v) is 4.82. The highest BCUT2D eigenvalue weighted by molar-refractivity contribution is 7.25. The molecule has 3 aromatic carbocycles. The van der Waals surface area contributed by atoms with Gasteiger partial charge in [-0.2, -0.15) is 5.10 Å². The van der Waals surface area contributed by atoms with Gasteiger partial charge in [0.2, 0.25) is 5.88 Å². The second-order valence-corrected chi connectivity index (χ2v) is 8.33. The lowest BCUT2D eigenvalue weighted by atomic mass is 10.1. The van der Waals surface area contributed by atoms with E-state index in [-0.39, 0.29) is 0 Å². The molecule has 0 aliphatic carbocycles. The molecular formula is C26H17N3OS. The maximum atomic E-state index is 5.86. The van der Waals surface area contributed by atoms with E-state index in [1.54, 1.807) is 6.20 Å². The number of ether oxygens (including phenoxy) is 1. The second kappa shape index (κ2) is 7.38. The van der Waals surface area contributed by atoms with Gasteiger partial charge in [0.1, 0.15) is 5.75 Å². The molecule has 148 valence electrons. The average Bonchev–Trinajstić information content (AvgIpc) is 3.45. The van der Waals surface area contributed by atoms with Crippen molar-refractivity contribution in [2.24, 2.45) is 0 Å². The van der Waals surface area contributed by atoms with Crippen LogP contribution in [-0.4, -0.2) is 14.8 Å². The zero-order valence-corrected chi connectivity index (χ0v) is 17.3. The maximum absolute atomic E-state index is 5.86. The summed E-state index contributed by atoms with van der Waals surface area (Å²) in [6.45, 7) is 0. The molecule has 0 radical (unpaired) electrons. The first-order valence-electron chi connectivity index (χ1n) is 9.99. The Balaban J connectivity index is 1.34. The van der Waals surface area contributed by atoms with Crippen molar-refractivity contribution in [3.63, 3.8) is 0 Å². The number of hydrogen-bond donors (Lipinski definition) is 0. The van der Waals surface area contributed by atoms with Crippen LogP contribution in [0.3, 0.4) is 0 Å². The van der Waals surface area contributed by atoms with E-state index < -0.39 is 0 Å². The van der Waals surface area contributed by atoms with Gasteiger partial charge in [-0.05, 0) is 42.0 Å². The van der Waals surface area contributed by atoms with Crippen LogP contribution in [-0.2, 0) is 0 Å². The molecule has 3 heterocycles. The van der Waals surface area contributed by atoms with Crippen LogP contribution in [0.4, 0.5) is 0 Å². The Hall–Kier alpha value is -3.96. The van der Waals surface area contributed by atoms with Gasteiger partial charge in [0.05, 0.1) is 11.9 Å². The zero-order chi connectivity index (χ0) is 20.6. The van der Waals surface area contributed by atoms with Crippen LogP contribution in [0.25, 0.3) is 37.0 Å². The number of pyridine rings is 1. The monoisotopic (exact) mass is 419 g/mol. The predicted octanol–water partition coefficient (Wildman–Crippen LogP) is 7.09. The zero-order valence-electron chi connectivity index (χ0n) is 16.5. The summed E-state index contributed by atoms with van der Waals surface area (Å²) in [5.41, 5.74) is 3.16. The molecule has 0 spiro atoms. The van der Waals surface area contributed by atoms with Crippen LogP contribution < -0.4 is 4.74 Å². The summed E-state index contributed by atoms with van der Waals surface area (Å²) in [5.74, 6) is 1.29. The maximum Gasteiger partial charge on any atom is 0.219 e. The molecule has 4 nitrogen and oxygen atoms in total. The summed E-state index contributed by atoms with van der Waals surface area (Å²) in [4.78, 5) is 4.22. The van der Waals surface area contributed by atoms with E-state index in [1.807, 2.05) is 64.7 Å². The molecule has 0 aliphatic heterocycles. The van der Waals surface area contributed by atoms with Crippen LogP contribution in [0, 0.1) is 0 Å². The number of aromatic nitrogens is 3. The Bertz CT molecular complexity index is 1520. The van der Waals surface area contributed by atoms with E-state index in [1.165, 1.54) is 20.2 Å². The van der Waals surface area contributed by atoms with Crippen LogP contribution in [0.2, 0.25) is 0 Å². The highest BCUT2D eigenvalue weighted by atomic mass is 32.1. The summed E-state index contributed by atoms with van der Waals surface area (Å²) in [7, 11) is 0. The third-order valence-corrected chi connectivity index (χ3v) is 6.39. The van der Waals surface area contributed by atoms with Gasteiger partial charge in [-0.1, -0.05) is 36.4 Å². The predicted molar refractivity (Wildman–Crippen MR) is 126 cm³/mol. The first kappa shape index (κ1) is 17.9. The average molecular weight is 420 g/mol. The van der Waals surface area contributed by atoms with Crippen LogP contribution >= 0.6 is 11.3 Å². The summed E-state index contributed by atoms with van der Waals surface area (Å²) in [6, 6.07) is 28.6. The first-order chi connectivity index (χ1) is 15.3. The van der Waals surface area contributed by atoms with E-state index in [0.29, 0.717) is 5.88 Å². The molecule has 0 saturated heterocycles. The highest BCUT2D eigenvalue weighted by Gasteiger charge is 2.09. The Morgan fingerprint density at radius 2 is 1.65 bits per heavy atom. The van der Waals surface area contributed by atoms with E-state index in [9.17, 15) is 0 Å². The normalized spacial score (nSPS) is 11.2. The topological polar surface area (TPSA) is 39.9 Å². The molecule has 0 unspecified atom stereocenters. The Labute approximate surface area is 183 Å². The SMILES string of the molecule is c1ccc(Oc2cccc(-n3cc(-c4ccc5sc6ccccc6c5c4)cn3)c2)nc1. The van der Waals surface area contributed by atoms with Gasteiger partial charge in [0.15, 0.2) is 0 Å². The Morgan fingerprint density at radius 3 is 2.58 bits per heavy atom. The number of nitrogens with zero attached hydrogens (tertiary/aromatic N) is 3. The number of benzene rings is 3. The molecule has 0 saturated carbocycles. The van der Waals surface area contributed by atoms with Crippen molar-refractivity contribution in [2.45, 2.75) is 0 Å². The third-order valence-electron chi connectivity index (χ3n) is 5.23. The van der Waals surface area contributed by atoms with Crippen molar-refractivity contribution in [1.29, 1.82) is 0 Å². The van der Waals surface area contributed by atoms with Gasteiger partial charge >= 0.3 is 0 Å². The van der Waals surface area contributed by atoms with Gasteiger partial charge in [0, 0.05) is 50.3 Å². The van der Waals surface area contributed by atoms with Crippen molar-refractivity contribution in [1.82, 2.24) is 14.8 Å². The minimum atomic E-state index is 0.567. The Kier molecular flexibility index (Phi) is 4.25. The lowest BCUT2D eigenvalue weighted by molar-refractivity contribution is 0.462. The third kappa shape index (κ3) is 3.35. The second-order valence-electron chi connectivity index (χ2n) is 7.25. The molecule has 31 heavy (non-hydrogen) atoms. The number of thiophene rings is 1. The molecule has 0 N–H and O–H groups in total. The van der Waals surface area contributed by atoms with Crippen molar-refractivity contribution < 1.29 is 4.74 Å². The van der Waals surface area contributed by atoms with Crippen molar-refractivity contribution in [3.8, 4) is 28.4 Å². The van der Waals surface area contributed by atoms with Gasteiger partial charge in [-0.25, -0.2) is 9.67 Å². The van der Waals surface area contributed by atoms with Gasteiger partial charge in [0.25, 0.3) is 0 Å². The fourth-order valence-electron chi connectivity index (χ4n) is 3.74. The van der Waals surface area contributed by atoms with E-state index in [2.05, 4.69) is 58.7 Å². The largest absolute Gasteiger partial charge is 0.439 e. The summed E-state index contributed by atoms with van der Waals surface area (Å²) < 4.78 is 10.4. The number of fused-ring (bicyclic) bond motifs is 3. The molecule has 0 fully saturated rings. The molecule has 0 aliphatic rings. The standard InChI is InChI=1S/C26H17N3OS/c1-2-9-24-22(8-1)23-14-18(11-12-25(23)31-24)19-16-28-29(17-19)20-6-5-7-21(15-20)30-26-10-3-4-13-27-26/h1-17H. The number of rotatable bonds is 4. The van der Waals surface area contributed by atoms with E-state index in [4.69, 9.17) is 4.74 Å². The summed E-state index contributed by atoms with van der Waals surface area (Å²) in [6.07, 6.45) is 5.67. The molecule has 6 aromatic rings. The van der Waals surface area contributed by atoms with Crippen LogP contribution in [0.15, 0.2) is 104 Å². The van der Waals surface area contributed by atoms with Crippen LogP contribution in [0.1, 0.15) is 0 Å². The molecule has 0 bridgehead atoms. The van der Waals surface area contributed by atoms with Gasteiger partial charge in [-0.15, -0.1) is 11.3 Å². The van der Waals surface area contributed by atoms with Crippen LogP contribution in [0.5, 0.6) is 11.6 Å². The van der Waals surface area contributed by atoms with Crippen molar-refractivity contribution >= 4 is 31.5 Å². The minimum Gasteiger partial charge on any atom is -0.439 e. The first-order valence-corrected chi connectivity index (χ1v) is 10.8. The minimum absolute atomic E-state index is 0.567. The molecule has 5 heteroatoms. The molecule has 6 rings (SSSR count). The fraction of sp³-hybridized carbons (Fsp3) is 0.